The van der Waals surface area contributed by atoms with Crippen LogP contribution in [-0.2, 0) is 6.54 Å². The van der Waals surface area contributed by atoms with Crippen LogP contribution in [0.5, 0.6) is 5.75 Å². The maximum absolute atomic E-state index is 9.58. The largest absolute Gasteiger partial charge is 0.506 e. The van der Waals surface area contributed by atoms with Gasteiger partial charge in [-0.05, 0) is 61.9 Å². The van der Waals surface area contributed by atoms with E-state index in [0.717, 1.165) is 25.6 Å². The Kier molecular flexibility index (Phi) is 5.50. The van der Waals surface area contributed by atoms with Crippen LogP contribution < -0.4 is 0 Å². The number of nitrogens with zero attached hydrogens (tertiary/aromatic N) is 2. The molecule has 0 aromatic heterocycles. The van der Waals surface area contributed by atoms with Gasteiger partial charge in [0.1, 0.15) is 5.75 Å². The third-order valence-corrected chi connectivity index (χ3v) is 5.51. The van der Waals surface area contributed by atoms with Gasteiger partial charge in [0.05, 0.1) is 5.02 Å². The highest BCUT2D eigenvalue weighted by molar-refractivity contribution is 6.32. The van der Waals surface area contributed by atoms with E-state index in [1.807, 2.05) is 12.1 Å². The smallest absolute Gasteiger partial charge is 0.134 e. The second-order valence-corrected chi connectivity index (χ2v) is 8.03. The number of halogens is 1. The molecular weight excluding hydrogens is 308 g/mol. The summed E-state index contributed by atoms with van der Waals surface area (Å²) in [6.07, 6.45) is 4.09. The molecule has 1 aromatic carbocycles. The van der Waals surface area contributed by atoms with Crippen molar-refractivity contribution >= 4 is 11.6 Å². The standard InChI is InChI=1S/C19H29ClN2O/c1-14(2)18-13-21(8-3-9-22(18)12-15-4-5-15)11-16-6-7-19(23)17(20)10-16/h6-7,10,14-15,18,23H,3-5,8-9,11-13H2,1-2H3/t18-/m0/s1. The molecule has 1 atom stereocenters. The van der Waals surface area contributed by atoms with Crippen molar-refractivity contribution in [1.82, 2.24) is 9.80 Å². The molecule has 2 aliphatic rings. The van der Waals surface area contributed by atoms with Gasteiger partial charge in [0, 0.05) is 25.7 Å². The van der Waals surface area contributed by atoms with Gasteiger partial charge in [-0.3, -0.25) is 9.80 Å². The molecule has 128 valence electrons. The van der Waals surface area contributed by atoms with Crippen LogP contribution in [0.4, 0.5) is 0 Å². The highest BCUT2D eigenvalue weighted by atomic mass is 35.5. The van der Waals surface area contributed by atoms with Gasteiger partial charge >= 0.3 is 0 Å². The Bertz CT molecular complexity index is 530. The van der Waals surface area contributed by atoms with Gasteiger partial charge in [-0.25, -0.2) is 0 Å². The highest BCUT2D eigenvalue weighted by Crippen LogP contribution is 2.32. The van der Waals surface area contributed by atoms with E-state index in [1.54, 1.807) is 6.07 Å². The number of hydrogen-bond acceptors (Lipinski definition) is 3. The molecule has 1 heterocycles. The van der Waals surface area contributed by atoms with Gasteiger partial charge in [-0.1, -0.05) is 31.5 Å². The molecule has 23 heavy (non-hydrogen) atoms. The van der Waals surface area contributed by atoms with Crippen LogP contribution in [0.15, 0.2) is 18.2 Å². The molecule has 0 amide bonds. The number of benzene rings is 1. The predicted molar refractivity (Wildman–Crippen MR) is 95.9 cm³/mol. The van der Waals surface area contributed by atoms with Crippen LogP contribution in [0.25, 0.3) is 0 Å². The van der Waals surface area contributed by atoms with Crippen LogP contribution in [0.2, 0.25) is 5.02 Å². The van der Waals surface area contributed by atoms with Crippen molar-refractivity contribution in [3.63, 3.8) is 0 Å². The molecule has 1 aliphatic heterocycles. The zero-order valence-corrected chi connectivity index (χ0v) is 15.1. The van der Waals surface area contributed by atoms with E-state index in [9.17, 15) is 5.11 Å². The highest BCUT2D eigenvalue weighted by Gasteiger charge is 2.32. The average molecular weight is 337 g/mol. The Morgan fingerprint density at radius 3 is 2.70 bits per heavy atom. The Morgan fingerprint density at radius 2 is 2.04 bits per heavy atom. The van der Waals surface area contributed by atoms with Gasteiger partial charge in [0.2, 0.25) is 0 Å². The second kappa shape index (κ2) is 7.42. The quantitative estimate of drug-likeness (QED) is 0.880. The topological polar surface area (TPSA) is 26.7 Å². The van der Waals surface area contributed by atoms with Gasteiger partial charge < -0.3 is 5.11 Å². The van der Waals surface area contributed by atoms with E-state index in [1.165, 1.54) is 37.9 Å². The maximum Gasteiger partial charge on any atom is 0.134 e. The van der Waals surface area contributed by atoms with Crippen LogP contribution >= 0.6 is 11.6 Å². The van der Waals surface area contributed by atoms with Crippen molar-refractivity contribution in [2.45, 2.75) is 45.7 Å². The molecule has 3 rings (SSSR count). The molecule has 0 bridgehead atoms. The molecule has 0 unspecified atom stereocenters. The molecule has 1 N–H and O–H groups in total. The predicted octanol–water partition coefficient (Wildman–Crippen LogP) is 3.99. The van der Waals surface area contributed by atoms with E-state index in [2.05, 4.69) is 23.6 Å². The lowest BCUT2D eigenvalue weighted by Crippen LogP contribution is -2.45. The summed E-state index contributed by atoms with van der Waals surface area (Å²) < 4.78 is 0. The molecule has 3 nitrogen and oxygen atoms in total. The fraction of sp³-hybridized carbons (Fsp3) is 0.684. The summed E-state index contributed by atoms with van der Waals surface area (Å²) >= 11 is 6.05. The number of phenols is 1. The Labute approximate surface area is 145 Å². The van der Waals surface area contributed by atoms with Crippen molar-refractivity contribution in [3.8, 4) is 5.75 Å². The minimum Gasteiger partial charge on any atom is -0.506 e. The Morgan fingerprint density at radius 1 is 1.26 bits per heavy atom. The minimum absolute atomic E-state index is 0.168. The summed E-state index contributed by atoms with van der Waals surface area (Å²) in [6.45, 7) is 10.4. The van der Waals surface area contributed by atoms with Crippen LogP contribution in [0, 0.1) is 11.8 Å². The third kappa shape index (κ3) is 4.62. The zero-order valence-electron chi connectivity index (χ0n) is 14.3. The molecule has 4 heteroatoms. The van der Waals surface area contributed by atoms with Gasteiger partial charge in [-0.15, -0.1) is 0 Å². The second-order valence-electron chi connectivity index (χ2n) is 7.62. The van der Waals surface area contributed by atoms with E-state index in [0.29, 0.717) is 17.0 Å². The maximum atomic E-state index is 9.58. The van der Waals surface area contributed by atoms with Crippen molar-refractivity contribution in [3.05, 3.63) is 28.8 Å². The molecule has 0 spiro atoms. The van der Waals surface area contributed by atoms with Gasteiger partial charge in [-0.2, -0.15) is 0 Å². The normalized spacial score (nSPS) is 24.1. The number of phenolic OH excluding ortho intramolecular Hbond substituents is 1. The van der Waals surface area contributed by atoms with Crippen LogP contribution in [-0.4, -0.2) is 47.1 Å². The third-order valence-electron chi connectivity index (χ3n) is 5.21. The SMILES string of the molecule is CC(C)[C@@H]1CN(Cc2ccc(O)c(Cl)c2)CCCN1CC1CC1. The van der Waals surface area contributed by atoms with E-state index < -0.39 is 0 Å². The number of hydrogen-bond donors (Lipinski definition) is 1. The number of rotatable bonds is 5. The Hall–Kier alpha value is -0.770. The van der Waals surface area contributed by atoms with E-state index in [-0.39, 0.29) is 5.75 Å². The first kappa shape index (κ1) is 17.1. The lowest BCUT2D eigenvalue weighted by atomic mass is 10.0. The lowest BCUT2D eigenvalue weighted by Gasteiger charge is -2.34. The molecule has 0 radical (unpaired) electrons. The molecular formula is C19H29ClN2O. The molecule has 1 aliphatic carbocycles. The first-order valence-corrected chi connectivity index (χ1v) is 9.34. The molecule has 1 saturated heterocycles. The van der Waals surface area contributed by atoms with Gasteiger partial charge in [0.25, 0.3) is 0 Å². The van der Waals surface area contributed by atoms with Crippen LogP contribution in [0.3, 0.4) is 0 Å². The summed E-state index contributed by atoms with van der Waals surface area (Å²) in [4.78, 5) is 5.30. The summed E-state index contributed by atoms with van der Waals surface area (Å²) in [6, 6.07) is 6.23. The number of aromatic hydroxyl groups is 1. The van der Waals surface area contributed by atoms with Crippen molar-refractivity contribution < 1.29 is 5.11 Å². The summed E-state index contributed by atoms with van der Waals surface area (Å²) in [5.74, 6) is 1.80. The fourth-order valence-electron chi connectivity index (χ4n) is 3.68. The zero-order chi connectivity index (χ0) is 16.4. The van der Waals surface area contributed by atoms with Crippen molar-refractivity contribution in [2.75, 3.05) is 26.2 Å². The summed E-state index contributed by atoms with van der Waals surface area (Å²) in [5, 5.41) is 10.0. The minimum atomic E-state index is 0.168. The monoisotopic (exact) mass is 336 g/mol. The van der Waals surface area contributed by atoms with E-state index in [4.69, 9.17) is 11.6 Å². The lowest BCUT2D eigenvalue weighted by molar-refractivity contribution is 0.132. The van der Waals surface area contributed by atoms with Crippen LogP contribution in [0.1, 0.15) is 38.7 Å². The van der Waals surface area contributed by atoms with Crippen molar-refractivity contribution in [1.29, 1.82) is 0 Å². The van der Waals surface area contributed by atoms with Crippen molar-refractivity contribution in [2.24, 2.45) is 11.8 Å². The fourth-order valence-corrected chi connectivity index (χ4v) is 3.88. The Balaban J connectivity index is 1.66. The molecule has 1 saturated carbocycles. The summed E-state index contributed by atoms with van der Waals surface area (Å²) in [7, 11) is 0. The molecule has 1 aromatic rings. The first-order valence-electron chi connectivity index (χ1n) is 8.96. The summed E-state index contributed by atoms with van der Waals surface area (Å²) in [5.41, 5.74) is 1.19. The van der Waals surface area contributed by atoms with E-state index >= 15 is 0 Å². The average Bonchev–Trinajstić information content (AvgIpc) is 3.32. The van der Waals surface area contributed by atoms with Gasteiger partial charge in [0.15, 0.2) is 0 Å². The first-order chi connectivity index (χ1) is 11.0. The molecule has 2 fully saturated rings.